The highest BCUT2D eigenvalue weighted by molar-refractivity contribution is 5.67. The summed E-state index contributed by atoms with van der Waals surface area (Å²) in [7, 11) is 0. The molecule has 0 amide bonds. The van der Waals surface area contributed by atoms with Gasteiger partial charge in [-0.3, -0.25) is 0 Å². The molecule has 0 aromatic heterocycles. The molecule has 0 unspecified atom stereocenters. The van der Waals surface area contributed by atoms with Gasteiger partial charge in [-0.05, 0) is 130 Å². The SMILES string of the molecule is C=C(CC/C=C(\C)CCC=C(C)C)CC[C@H]1C=C(CC/C=C(\C)CCC=C(C)C)C[C@@H](COCC(=O)O)C1. The Labute approximate surface area is 234 Å². The van der Waals surface area contributed by atoms with E-state index in [-0.39, 0.29) is 6.61 Å². The molecule has 0 heterocycles. The minimum Gasteiger partial charge on any atom is -0.480 e. The monoisotopic (exact) mass is 524 g/mol. The molecule has 38 heavy (non-hydrogen) atoms. The second kappa shape index (κ2) is 19.9. The fourth-order valence-corrected chi connectivity index (χ4v) is 5.10. The molecular formula is C35H56O3. The van der Waals surface area contributed by atoms with Crippen molar-refractivity contribution in [1.29, 1.82) is 0 Å². The van der Waals surface area contributed by atoms with Crippen LogP contribution in [0.1, 0.15) is 119 Å². The van der Waals surface area contributed by atoms with Crippen LogP contribution >= 0.6 is 0 Å². The van der Waals surface area contributed by atoms with E-state index < -0.39 is 5.97 Å². The summed E-state index contributed by atoms with van der Waals surface area (Å²) >= 11 is 0. The minimum absolute atomic E-state index is 0.202. The lowest BCUT2D eigenvalue weighted by atomic mass is 9.79. The van der Waals surface area contributed by atoms with Gasteiger partial charge in [0.2, 0.25) is 0 Å². The number of carbonyl (C=O) groups is 1. The van der Waals surface area contributed by atoms with Gasteiger partial charge in [-0.25, -0.2) is 4.79 Å². The summed E-state index contributed by atoms with van der Waals surface area (Å²) in [4.78, 5) is 10.9. The summed E-state index contributed by atoms with van der Waals surface area (Å²) in [5.74, 6) is 0.0409. The number of hydrogen-bond acceptors (Lipinski definition) is 2. The van der Waals surface area contributed by atoms with Crippen LogP contribution in [0, 0.1) is 11.8 Å². The molecule has 214 valence electrons. The average Bonchev–Trinajstić information content (AvgIpc) is 2.82. The van der Waals surface area contributed by atoms with Gasteiger partial charge in [0, 0.05) is 0 Å². The third-order valence-electron chi connectivity index (χ3n) is 7.24. The smallest absolute Gasteiger partial charge is 0.329 e. The molecule has 0 aromatic rings. The average molecular weight is 525 g/mol. The van der Waals surface area contributed by atoms with Gasteiger partial charge in [-0.15, -0.1) is 0 Å². The van der Waals surface area contributed by atoms with Crippen molar-refractivity contribution in [3.63, 3.8) is 0 Å². The number of carboxylic acids is 1. The molecule has 2 atom stereocenters. The van der Waals surface area contributed by atoms with Crippen LogP contribution < -0.4 is 0 Å². The summed E-state index contributed by atoms with van der Waals surface area (Å²) < 4.78 is 5.51. The largest absolute Gasteiger partial charge is 0.480 e. The predicted octanol–water partition coefficient (Wildman–Crippen LogP) is 10.3. The number of allylic oxidation sites excluding steroid dienone is 11. The molecule has 3 heteroatoms. The molecule has 1 rings (SSSR count). The van der Waals surface area contributed by atoms with Gasteiger partial charge in [-0.2, -0.15) is 0 Å². The van der Waals surface area contributed by atoms with Crippen LogP contribution in [0.15, 0.2) is 70.4 Å². The van der Waals surface area contributed by atoms with E-state index in [0.717, 1.165) is 77.0 Å². The van der Waals surface area contributed by atoms with Gasteiger partial charge < -0.3 is 9.84 Å². The molecule has 3 nitrogen and oxygen atoms in total. The van der Waals surface area contributed by atoms with E-state index in [9.17, 15) is 4.79 Å². The maximum atomic E-state index is 10.9. The van der Waals surface area contributed by atoms with Crippen molar-refractivity contribution < 1.29 is 14.6 Å². The first-order chi connectivity index (χ1) is 18.0. The molecule has 0 aliphatic heterocycles. The fourth-order valence-electron chi connectivity index (χ4n) is 5.10. The van der Waals surface area contributed by atoms with Crippen molar-refractivity contribution in [3.05, 3.63) is 70.4 Å². The molecule has 0 radical (unpaired) electrons. The molecule has 0 saturated carbocycles. The molecule has 1 aliphatic rings. The summed E-state index contributed by atoms with van der Waals surface area (Å²) in [6.45, 7) is 17.8. The molecule has 0 saturated heterocycles. The first kappa shape index (κ1) is 33.9. The highest BCUT2D eigenvalue weighted by atomic mass is 16.5. The number of ether oxygens (including phenoxy) is 1. The molecule has 0 aromatic carbocycles. The van der Waals surface area contributed by atoms with Crippen LogP contribution in [0.2, 0.25) is 0 Å². The maximum Gasteiger partial charge on any atom is 0.329 e. The van der Waals surface area contributed by atoms with Gasteiger partial charge >= 0.3 is 5.97 Å². The topological polar surface area (TPSA) is 46.5 Å². The first-order valence-electron chi connectivity index (χ1n) is 14.8. The van der Waals surface area contributed by atoms with Crippen LogP contribution in [0.3, 0.4) is 0 Å². The maximum absolute atomic E-state index is 10.9. The lowest BCUT2D eigenvalue weighted by Crippen LogP contribution is -2.21. The zero-order valence-corrected chi connectivity index (χ0v) is 25.4. The van der Waals surface area contributed by atoms with E-state index in [4.69, 9.17) is 9.84 Å². The van der Waals surface area contributed by atoms with E-state index >= 15 is 0 Å². The second-order valence-electron chi connectivity index (χ2n) is 11.9. The van der Waals surface area contributed by atoms with E-state index in [1.807, 2.05) is 0 Å². The molecule has 0 bridgehead atoms. The standard InChI is InChI=1S/C35H56O3/c1-27(2)12-8-14-29(5)16-10-17-31(7)20-21-33-22-32(23-34(24-33)25-38-26-35(36)37)19-11-18-30(6)15-9-13-28(3)4/h12-13,16,18,22,33-34H,7-11,14-15,17,19-21,23-26H2,1-6H3,(H,36,37)/b29-16+,30-18+/t33-,34+/m0/s1. The van der Waals surface area contributed by atoms with Crippen LogP contribution in [-0.2, 0) is 9.53 Å². The summed E-state index contributed by atoms with van der Waals surface area (Å²) in [6.07, 6.45) is 25.0. The Bertz CT molecular complexity index is 873. The van der Waals surface area contributed by atoms with Gasteiger partial charge in [0.15, 0.2) is 0 Å². The van der Waals surface area contributed by atoms with Crippen molar-refractivity contribution in [2.24, 2.45) is 11.8 Å². The third kappa shape index (κ3) is 18.2. The number of carboxylic acid groups (broad SMARTS) is 1. The molecule has 1 N–H and O–H groups in total. The Balaban J connectivity index is 2.59. The van der Waals surface area contributed by atoms with Gasteiger partial charge in [0.05, 0.1) is 6.61 Å². The van der Waals surface area contributed by atoms with E-state index in [0.29, 0.717) is 18.4 Å². The number of aliphatic carboxylic acids is 1. The number of rotatable bonds is 19. The van der Waals surface area contributed by atoms with Gasteiger partial charge in [-0.1, -0.05) is 70.4 Å². The Kier molecular flexibility index (Phi) is 17.7. The van der Waals surface area contributed by atoms with Crippen molar-refractivity contribution in [1.82, 2.24) is 0 Å². The molecule has 1 aliphatic carbocycles. The van der Waals surface area contributed by atoms with Gasteiger partial charge in [0.1, 0.15) is 6.61 Å². The van der Waals surface area contributed by atoms with Crippen molar-refractivity contribution in [3.8, 4) is 0 Å². The third-order valence-corrected chi connectivity index (χ3v) is 7.24. The summed E-state index contributed by atoms with van der Waals surface area (Å²) in [5, 5.41) is 8.96. The van der Waals surface area contributed by atoms with E-state index in [2.05, 4.69) is 78.5 Å². The lowest BCUT2D eigenvalue weighted by Gasteiger charge is -2.29. The number of hydrogen-bond donors (Lipinski definition) is 1. The first-order valence-corrected chi connectivity index (χ1v) is 14.8. The van der Waals surface area contributed by atoms with Gasteiger partial charge in [0.25, 0.3) is 0 Å². The normalized spacial score (nSPS) is 18.1. The van der Waals surface area contributed by atoms with E-state index in [1.54, 1.807) is 0 Å². The Morgan fingerprint density at radius 2 is 1.47 bits per heavy atom. The molecule has 0 spiro atoms. The van der Waals surface area contributed by atoms with Crippen molar-refractivity contribution >= 4 is 5.97 Å². The zero-order valence-electron chi connectivity index (χ0n) is 25.4. The second-order valence-corrected chi connectivity index (χ2v) is 11.9. The minimum atomic E-state index is -0.889. The molecule has 0 fully saturated rings. The Hall–Kier alpha value is -2.13. The predicted molar refractivity (Wildman–Crippen MR) is 164 cm³/mol. The summed E-state index contributed by atoms with van der Waals surface area (Å²) in [5.41, 5.74) is 8.57. The summed E-state index contributed by atoms with van der Waals surface area (Å²) in [6, 6.07) is 0. The van der Waals surface area contributed by atoms with Crippen molar-refractivity contribution in [2.45, 2.75) is 119 Å². The Morgan fingerprint density at radius 1 is 0.895 bits per heavy atom. The van der Waals surface area contributed by atoms with Crippen LogP contribution in [-0.4, -0.2) is 24.3 Å². The molecular weight excluding hydrogens is 468 g/mol. The van der Waals surface area contributed by atoms with Crippen LogP contribution in [0.25, 0.3) is 0 Å². The van der Waals surface area contributed by atoms with E-state index in [1.165, 1.54) is 33.4 Å². The lowest BCUT2D eigenvalue weighted by molar-refractivity contribution is -0.142. The highest BCUT2D eigenvalue weighted by Gasteiger charge is 2.23. The Morgan fingerprint density at radius 3 is 2.05 bits per heavy atom. The van der Waals surface area contributed by atoms with Crippen molar-refractivity contribution in [2.75, 3.05) is 13.2 Å². The van der Waals surface area contributed by atoms with Crippen LogP contribution in [0.5, 0.6) is 0 Å². The quantitative estimate of drug-likeness (QED) is 0.171. The highest BCUT2D eigenvalue weighted by Crippen LogP contribution is 2.34. The zero-order chi connectivity index (χ0) is 28.3. The fraction of sp³-hybridized carbons (Fsp3) is 0.629. The van der Waals surface area contributed by atoms with Crippen LogP contribution in [0.4, 0.5) is 0 Å².